The van der Waals surface area contributed by atoms with Crippen molar-refractivity contribution in [1.82, 2.24) is 10.2 Å². The normalized spacial score (nSPS) is 21.8. The van der Waals surface area contributed by atoms with Crippen LogP contribution in [0.5, 0.6) is 0 Å². The zero-order valence-electron chi connectivity index (χ0n) is 12.8. The standard InChI is InChI=1S/C17H28N2O/c1-3-10-19-11-12-20-17(14-19)16(18-4-2)13-15-8-6-5-7-9-15/h5-9,16-18H,3-4,10-14H2,1-2H3. The van der Waals surface area contributed by atoms with E-state index in [1.807, 2.05) is 0 Å². The highest BCUT2D eigenvalue weighted by atomic mass is 16.5. The summed E-state index contributed by atoms with van der Waals surface area (Å²) in [4.78, 5) is 2.53. The van der Waals surface area contributed by atoms with Crippen LogP contribution in [0.4, 0.5) is 0 Å². The Kier molecular flexibility index (Phi) is 6.51. The molecule has 1 aliphatic heterocycles. The average Bonchev–Trinajstić information content (AvgIpc) is 2.49. The molecule has 1 aromatic carbocycles. The Balaban J connectivity index is 1.96. The zero-order chi connectivity index (χ0) is 14.2. The number of nitrogens with one attached hydrogen (secondary N) is 1. The maximum atomic E-state index is 6.04. The summed E-state index contributed by atoms with van der Waals surface area (Å²) in [7, 11) is 0. The second kappa shape index (κ2) is 8.40. The molecule has 1 aromatic rings. The van der Waals surface area contributed by atoms with Gasteiger partial charge in [-0.25, -0.2) is 0 Å². The highest BCUT2D eigenvalue weighted by molar-refractivity contribution is 5.16. The van der Waals surface area contributed by atoms with E-state index in [9.17, 15) is 0 Å². The molecule has 0 spiro atoms. The van der Waals surface area contributed by atoms with E-state index in [0.29, 0.717) is 12.1 Å². The predicted octanol–water partition coefficient (Wildman–Crippen LogP) is 2.32. The Labute approximate surface area is 123 Å². The molecule has 1 aliphatic rings. The molecule has 1 heterocycles. The van der Waals surface area contributed by atoms with Crippen LogP contribution in [0, 0.1) is 0 Å². The third-order valence-electron chi connectivity index (χ3n) is 3.93. The molecular formula is C17H28N2O. The fraction of sp³-hybridized carbons (Fsp3) is 0.647. The van der Waals surface area contributed by atoms with Crippen molar-refractivity contribution in [3.05, 3.63) is 35.9 Å². The molecule has 2 atom stereocenters. The Morgan fingerprint density at radius 3 is 2.80 bits per heavy atom. The van der Waals surface area contributed by atoms with Crippen molar-refractivity contribution in [3.63, 3.8) is 0 Å². The van der Waals surface area contributed by atoms with E-state index in [1.165, 1.54) is 18.5 Å². The molecule has 2 rings (SSSR count). The second-order valence-corrected chi connectivity index (χ2v) is 5.56. The van der Waals surface area contributed by atoms with Gasteiger partial charge in [0.2, 0.25) is 0 Å². The highest BCUT2D eigenvalue weighted by Gasteiger charge is 2.27. The summed E-state index contributed by atoms with van der Waals surface area (Å²) in [6.07, 6.45) is 2.56. The van der Waals surface area contributed by atoms with Gasteiger partial charge in [0.15, 0.2) is 0 Å². The van der Waals surface area contributed by atoms with Crippen LogP contribution in [-0.2, 0) is 11.2 Å². The maximum Gasteiger partial charge on any atom is 0.0858 e. The van der Waals surface area contributed by atoms with Gasteiger partial charge in [-0.2, -0.15) is 0 Å². The number of benzene rings is 1. The molecule has 1 saturated heterocycles. The van der Waals surface area contributed by atoms with Gasteiger partial charge >= 0.3 is 0 Å². The number of likely N-dealkylation sites (N-methyl/N-ethyl adjacent to an activating group) is 1. The minimum absolute atomic E-state index is 0.301. The summed E-state index contributed by atoms with van der Waals surface area (Å²) in [5.41, 5.74) is 1.38. The summed E-state index contributed by atoms with van der Waals surface area (Å²) in [5, 5.41) is 3.61. The lowest BCUT2D eigenvalue weighted by molar-refractivity contribution is -0.0459. The van der Waals surface area contributed by atoms with Crippen molar-refractivity contribution in [2.24, 2.45) is 0 Å². The van der Waals surface area contributed by atoms with Gasteiger partial charge in [0, 0.05) is 19.1 Å². The highest BCUT2D eigenvalue weighted by Crippen LogP contribution is 2.14. The molecule has 20 heavy (non-hydrogen) atoms. The van der Waals surface area contributed by atoms with Crippen LogP contribution in [0.3, 0.4) is 0 Å². The molecule has 112 valence electrons. The summed E-state index contributed by atoms with van der Waals surface area (Å²) >= 11 is 0. The fourth-order valence-corrected chi connectivity index (χ4v) is 2.96. The van der Waals surface area contributed by atoms with Crippen molar-refractivity contribution < 1.29 is 4.74 Å². The summed E-state index contributed by atoms with van der Waals surface area (Å²) in [6.45, 7) is 9.59. The average molecular weight is 276 g/mol. The lowest BCUT2D eigenvalue weighted by Crippen LogP contribution is -2.53. The molecule has 0 aromatic heterocycles. The van der Waals surface area contributed by atoms with E-state index < -0.39 is 0 Å². The van der Waals surface area contributed by atoms with Crippen molar-refractivity contribution in [1.29, 1.82) is 0 Å². The Hall–Kier alpha value is -0.900. The van der Waals surface area contributed by atoms with Gasteiger partial charge in [-0.3, -0.25) is 4.90 Å². The Bertz CT molecular complexity index is 367. The van der Waals surface area contributed by atoms with Crippen LogP contribution in [-0.4, -0.2) is 49.8 Å². The van der Waals surface area contributed by atoms with Crippen molar-refractivity contribution in [2.75, 3.05) is 32.8 Å². The first-order valence-electron chi connectivity index (χ1n) is 7.94. The Morgan fingerprint density at radius 2 is 2.10 bits per heavy atom. The predicted molar refractivity (Wildman–Crippen MR) is 84.1 cm³/mol. The monoisotopic (exact) mass is 276 g/mol. The lowest BCUT2D eigenvalue weighted by atomic mass is 10.00. The molecule has 0 aliphatic carbocycles. The van der Waals surface area contributed by atoms with Crippen molar-refractivity contribution >= 4 is 0 Å². The van der Waals surface area contributed by atoms with E-state index in [-0.39, 0.29) is 0 Å². The molecule has 0 radical (unpaired) electrons. The largest absolute Gasteiger partial charge is 0.374 e. The van der Waals surface area contributed by atoms with E-state index in [1.54, 1.807) is 0 Å². The molecule has 3 heteroatoms. The van der Waals surface area contributed by atoms with Crippen LogP contribution >= 0.6 is 0 Å². The topological polar surface area (TPSA) is 24.5 Å². The zero-order valence-corrected chi connectivity index (χ0v) is 12.8. The molecule has 1 N–H and O–H groups in total. The van der Waals surface area contributed by atoms with Gasteiger partial charge in [0.1, 0.15) is 0 Å². The second-order valence-electron chi connectivity index (χ2n) is 5.56. The summed E-state index contributed by atoms with van der Waals surface area (Å²) in [5.74, 6) is 0. The van der Waals surface area contributed by atoms with E-state index >= 15 is 0 Å². The van der Waals surface area contributed by atoms with E-state index in [4.69, 9.17) is 4.74 Å². The first-order chi connectivity index (χ1) is 9.83. The third kappa shape index (κ3) is 4.58. The lowest BCUT2D eigenvalue weighted by Gasteiger charge is -2.37. The number of ether oxygens (including phenoxy) is 1. The van der Waals surface area contributed by atoms with E-state index in [0.717, 1.165) is 32.7 Å². The van der Waals surface area contributed by atoms with Crippen molar-refractivity contribution in [3.8, 4) is 0 Å². The van der Waals surface area contributed by atoms with Crippen LogP contribution in [0.25, 0.3) is 0 Å². The molecule has 0 amide bonds. The molecule has 3 nitrogen and oxygen atoms in total. The summed E-state index contributed by atoms with van der Waals surface area (Å²) in [6, 6.07) is 11.1. The smallest absolute Gasteiger partial charge is 0.0858 e. The molecule has 0 saturated carbocycles. The summed E-state index contributed by atoms with van der Waals surface area (Å²) < 4.78 is 6.04. The van der Waals surface area contributed by atoms with Gasteiger partial charge in [0.25, 0.3) is 0 Å². The molecule has 0 bridgehead atoms. The number of nitrogens with zero attached hydrogens (tertiary/aromatic N) is 1. The molecule has 1 fully saturated rings. The number of hydrogen-bond acceptors (Lipinski definition) is 3. The molecule has 2 unspecified atom stereocenters. The van der Waals surface area contributed by atoms with Gasteiger partial charge < -0.3 is 10.1 Å². The fourth-order valence-electron chi connectivity index (χ4n) is 2.96. The first kappa shape index (κ1) is 15.5. The quantitative estimate of drug-likeness (QED) is 0.827. The van der Waals surface area contributed by atoms with Gasteiger partial charge in [-0.05, 0) is 31.5 Å². The minimum Gasteiger partial charge on any atom is -0.374 e. The SMILES string of the molecule is CCCN1CCOC(C(Cc2ccccc2)NCC)C1. The van der Waals surface area contributed by atoms with Gasteiger partial charge in [-0.1, -0.05) is 44.2 Å². The minimum atomic E-state index is 0.301. The van der Waals surface area contributed by atoms with Gasteiger partial charge in [0.05, 0.1) is 12.7 Å². The van der Waals surface area contributed by atoms with Crippen LogP contribution in [0.2, 0.25) is 0 Å². The first-order valence-corrected chi connectivity index (χ1v) is 7.94. The molecular weight excluding hydrogens is 248 g/mol. The Morgan fingerprint density at radius 1 is 1.30 bits per heavy atom. The van der Waals surface area contributed by atoms with Gasteiger partial charge in [-0.15, -0.1) is 0 Å². The number of hydrogen-bond donors (Lipinski definition) is 1. The number of rotatable bonds is 7. The van der Waals surface area contributed by atoms with Crippen LogP contribution < -0.4 is 5.32 Å². The number of morpholine rings is 1. The van der Waals surface area contributed by atoms with Crippen molar-refractivity contribution in [2.45, 2.75) is 38.8 Å². The van der Waals surface area contributed by atoms with E-state index in [2.05, 4.69) is 54.4 Å². The van der Waals surface area contributed by atoms with Crippen LogP contribution in [0.1, 0.15) is 25.8 Å². The third-order valence-corrected chi connectivity index (χ3v) is 3.93. The van der Waals surface area contributed by atoms with Crippen LogP contribution in [0.15, 0.2) is 30.3 Å². The maximum absolute atomic E-state index is 6.04.